The molecule has 0 aromatic heterocycles. The first-order valence-electron chi connectivity index (χ1n) is 6.70. The largest absolute Gasteiger partial charge is 0.390 e. The maximum absolute atomic E-state index is 11.9. The molecule has 17 heavy (non-hydrogen) atoms. The summed E-state index contributed by atoms with van der Waals surface area (Å²) in [7, 11) is 0. The first-order chi connectivity index (χ1) is 7.96. The van der Waals surface area contributed by atoms with Gasteiger partial charge in [-0.2, -0.15) is 0 Å². The molecule has 2 unspecified atom stereocenters. The Morgan fingerprint density at radius 3 is 2.82 bits per heavy atom. The van der Waals surface area contributed by atoms with Crippen LogP contribution in [-0.2, 0) is 4.79 Å². The SMILES string of the molecule is CCCNC(=O)C(C)N1CCCC(C)(O)CC1. The van der Waals surface area contributed by atoms with Crippen LogP contribution in [0.1, 0.15) is 46.5 Å². The van der Waals surface area contributed by atoms with Crippen LogP contribution in [0.3, 0.4) is 0 Å². The molecule has 0 aromatic rings. The zero-order valence-electron chi connectivity index (χ0n) is 11.3. The number of likely N-dealkylation sites (tertiary alicyclic amines) is 1. The highest BCUT2D eigenvalue weighted by Gasteiger charge is 2.28. The van der Waals surface area contributed by atoms with Gasteiger partial charge in [0, 0.05) is 13.1 Å². The lowest BCUT2D eigenvalue weighted by molar-refractivity contribution is -0.125. The minimum Gasteiger partial charge on any atom is -0.390 e. The van der Waals surface area contributed by atoms with Gasteiger partial charge in [-0.3, -0.25) is 9.69 Å². The fraction of sp³-hybridized carbons (Fsp3) is 0.923. The molecule has 2 N–H and O–H groups in total. The number of nitrogens with one attached hydrogen (secondary N) is 1. The van der Waals surface area contributed by atoms with E-state index in [2.05, 4.69) is 10.2 Å². The Kier molecular flexibility index (Phi) is 5.40. The van der Waals surface area contributed by atoms with E-state index in [0.717, 1.165) is 45.3 Å². The third-order valence-corrected chi connectivity index (χ3v) is 3.57. The molecule has 1 heterocycles. The summed E-state index contributed by atoms with van der Waals surface area (Å²) < 4.78 is 0. The Balaban J connectivity index is 2.46. The number of aliphatic hydroxyl groups is 1. The van der Waals surface area contributed by atoms with Crippen LogP contribution in [0.5, 0.6) is 0 Å². The van der Waals surface area contributed by atoms with E-state index >= 15 is 0 Å². The second-order valence-electron chi connectivity index (χ2n) is 5.35. The summed E-state index contributed by atoms with van der Waals surface area (Å²) in [6, 6.07) is -0.0875. The van der Waals surface area contributed by atoms with Crippen molar-refractivity contribution in [1.82, 2.24) is 10.2 Å². The smallest absolute Gasteiger partial charge is 0.237 e. The van der Waals surface area contributed by atoms with E-state index in [9.17, 15) is 9.90 Å². The van der Waals surface area contributed by atoms with Crippen LogP contribution in [0.2, 0.25) is 0 Å². The van der Waals surface area contributed by atoms with Crippen LogP contribution in [0.25, 0.3) is 0 Å². The molecular formula is C13H26N2O2. The van der Waals surface area contributed by atoms with Crippen molar-refractivity contribution in [3.05, 3.63) is 0 Å². The van der Waals surface area contributed by atoms with Gasteiger partial charge in [0.2, 0.25) is 5.91 Å². The van der Waals surface area contributed by atoms with Gasteiger partial charge in [-0.25, -0.2) is 0 Å². The van der Waals surface area contributed by atoms with Crippen LogP contribution in [-0.4, -0.2) is 47.2 Å². The summed E-state index contributed by atoms with van der Waals surface area (Å²) in [5.74, 6) is 0.105. The van der Waals surface area contributed by atoms with Gasteiger partial charge < -0.3 is 10.4 Å². The van der Waals surface area contributed by atoms with Crippen molar-refractivity contribution in [3.63, 3.8) is 0 Å². The van der Waals surface area contributed by atoms with Gasteiger partial charge in [-0.05, 0) is 46.1 Å². The maximum atomic E-state index is 11.9. The highest BCUT2D eigenvalue weighted by molar-refractivity contribution is 5.81. The molecule has 1 aliphatic rings. The second kappa shape index (κ2) is 6.36. The zero-order valence-corrected chi connectivity index (χ0v) is 11.3. The van der Waals surface area contributed by atoms with Gasteiger partial charge in [0.25, 0.3) is 0 Å². The van der Waals surface area contributed by atoms with E-state index in [4.69, 9.17) is 0 Å². The van der Waals surface area contributed by atoms with E-state index in [1.165, 1.54) is 0 Å². The van der Waals surface area contributed by atoms with Crippen LogP contribution in [0.15, 0.2) is 0 Å². The highest BCUT2D eigenvalue weighted by atomic mass is 16.3. The third kappa shape index (κ3) is 4.64. The summed E-state index contributed by atoms with van der Waals surface area (Å²) in [4.78, 5) is 14.0. The van der Waals surface area contributed by atoms with Crippen molar-refractivity contribution in [2.24, 2.45) is 0 Å². The first-order valence-corrected chi connectivity index (χ1v) is 6.70. The normalized spacial score (nSPS) is 28.5. The summed E-state index contributed by atoms with van der Waals surface area (Å²) in [6.07, 6.45) is 3.50. The number of rotatable bonds is 4. The van der Waals surface area contributed by atoms with E-state index in [1.54, 1.807) is 0 Å². The van der Waals surface area contributed by atoms with Crippen LogP contribution in [0, 0.1) is 0 Å². The predicted molar refractivity (Wildman–Crippen MR) is 68.8 cm³/mol. The average Bonchev–Trinajstić information content (AvgIpc) is 2.46. The fourth-order valence-electron chi connectivity index (χ4n) is 2.23. The Labute approximate surface area is 104 Å². The third-order valence-electron chi connectivity index (χ3n) is 3.57. The molecule has 4 nitrogen and oxygen atoms in total. The molecule has 0 aliphatic carbocycles. The fourth-order valence-corrected chi connectivity index (χ4v) is 2.23. The monoisotopic (exact) mass is 242 g/mol. The van der Waals surface area contributed by atoms with Crippen LogP contribution in [0.4, 0.5) is 0 Å². The maximum Gasteiger partial charge on any atom is 0.237 e. The number of nitrogens with zero attached hydrogens (tertiary/aromatic N) is 1. The predicted octanol–water partition coefficient (Wildman–Crippen LogP) is 1.14. The molecule has 1 saturated heterocycles. The molecule has 0 bridgehead atoms. The molecule has 0 aromatic carbocycles. The van der Waals surface area contributed by atoms with E-state index < -0.39 is 5.60 Å². The van der Waals surface area contributed by atoms with Gasteiger partial charge in [0.1, 0.15) is 0 Å². The minimum atomic E-state index is -0.561. The summed E-state index contributed by atoms with van der Waals surface area (Å²) in [5.41, 5.74) is -0.561. The number of amides is 1. The Morgan fingerprint density at radius 2 is 2.18 bits per heavy atom. The van der Waals surface area contributed by atoms with Gasteiger partial charge >= 0.3 is 0 Å². The number of hydrogen-bond acceptors (Lipinski definition) is 3. The molecule has 0 saturated carbocycles. The van der Waals surface area contributed by atoms with Crippen molar-refractivity contribution < 1.29 is 9.90 Å². The summed E-state index contributed by atoms with van der Waals surface area (Å²) in [5, 5.41) is 12.9. The Morgan fingerprint density at radius 1 is 1.47 bits per heavy atom. The molecule has 1 fully saturated rings. The first kappa shape index (κ1) is 14.5. The minimum absolute atomic E-state index is 0.0875. The van der Waals surface area contributed by atoms with Crippen LogP contribution >= 0.6 is 0 Å². The topological polar surface area (TPSA) is 52.6 Å². The number of carbonyl (C=O) groups excluding carboxylic acids is 1. The van der Waals surface area contributed by atoms with E-state index in [0.29, 0.717) is 0 Å². The molecule has 4 heteroatoms. The number of hydrogen-bond donors (Lipinski definition) is 2. The molecule has 1 rings (SSSR count). The van der Waals surface area contributed by atoms with Crippen molar-refractivity contribution in [2.45, 2.75) is 58.1 Å². The highest BCUT2D eigenvalue weighted by Crippen LogP contribution is 2.22. The van der Waals surface area contributed by atoms with Gasteiger partial charge in [0.05, 0.1) is 11.6 Å². The lowest BCUT2D eigenvalue weighted by Gasteiger charge is -2.27. The second-order valence-corrected chi connectivity index (χ2v) is 5.35. The van der Waals surface area contributed by atoms with Crippen molar-refractivity contribution in [3.8, 4) is 0 Å². The van der Waals surface area contributed by atoms with Gasteiger partial charge in [-0.15, -0.1) is 0 Å². The zero-order chi connectivity index (χ0) is 12.9. The van der Waals surface area contributed by atoms with Crippen molar-refractivity contribution in [2.75, 3.05) is 19.6 Å². The van der Waals surface area contributed by atoms with Gasteiger partial charge in [-0.1, -0.05) is 6.92 Å². The molecule has 100 valence electrons. The quantitative estimate of drug-likeness (QED) is 0.777. The molecular weight excluding hydrogens is 216 g/mol. The van der Waals surface area contributed by atoms with Crippen LogP contribution < -0.4 is 5.32 Å². The average molecular weight is 242 g/mol. The van der Waals surface area contributed by atoms with E-state index in [-0.39, 0.29) is 11.9 Å². The lowest BCUT2D eigenvalue weighted by atomic mass is 9.98. The standard InChI is InChI=1S/C13H26N2O2/c1-4-8-14-12(16)11(2)15-9-5-6-13(3,17)7-10-15/h11,17H,4-10H2,1-3H3,(H,14,16). The van der Waals surface area contributed by atoms with E-state index in [1.807, 2.05) is 20.8 Å². The summed E-state index contributed by atoms with van der Waals surface area (Å²) in [6.45, 7) is 8.33. The lowest BCUT2D eigenvalue weighted by Crippen LogP contribution is -2.46. The Bertz CT molecular complexity index is 254. The van der Waals surface area contributed by atoms with Crippen molar-refractivity contribution in [1.29, 1.82) is 0 Å². The molecule has 0 spiro atoms. The molecule has 0 radical (unpaired) electrons. The van der Waals surface area contributed by atoms with Crippen molar-refractivity contribution >= 4 is 5.91 Å². The molecule has 1 aliphatic heterocycles. The molecule has 2 atom stereocenters. The van der Waals surface area contributed by atoms with Gasteiger partial charge in [0.15, 0.2) is 0 Å². The molecule has 1 amide bonds. The summed E-state index contributed by atoms with van der Waals surface area (Å²) >= 11 is 0. The number of carbonyl (C=O) groups is 1. The Hall–Kier alpha value is -0.610.